The molecule has 1 saturated heterocycles. The number of carbonyl (C=O) groups is 1. The first-order valence-electron chi connectivity index (χ1n) is 9.26. The van der Waals surface area contributed by atoms with Gasteiger partial charge in [0.2, 0.25) is 0 Å². The Morgan fingerprint density at radius 1 is 1.22 bits per heavy atom. The molecule has 0 spiro atoms. The first-order valence-corrected chi connectivity index (χ1v) is 10.1. The van der Waals surface area contributed by atoms with Crippen LogP contribution in [0.25, 0.3) is 20.8 Å². The van der Waals surface area contributed by atoms with Crippen molar-refractivity contribution in [1.29, 1.82) is 0 Å². The van der Waals surface area contributed by atoms with Crippen LogP contribution in [-0.2, 0) is 6.54 Å². The number of hydrogen-bond donors (Lipinski definition) is 1. The van der Waals surface area contributed by atoms with E-state index in [0.717, 1.165) is 28.6 Å². The van der Waals surface area contributed by atoms with Crippen LogP contribution in [0.4, 0.5) is 4.79 Å². The molecule has 2 aromatic carbocycles. The van der Waals surface area contributed by atoms with Crippen molar-refractivity contribution >= 4 is 27.6 Å². The Bertz CT molecular complexity index is 944. The number of carbonyl (C=O) groups excluding carboxylic acids is 1. The molecule has 2 N–H and O–H groups in total. The molecule has 5 nitrogen and oxygen atoms in total. The lowest BCUT2D eigenvalue weighted by molar-refractivity contribution is 0.185. The predicted octanol–water partition coefficient (Wildman–Crippen LogP) is 4.65. The number of rotatable bonds is 4. The molecule has 3 aromatic rings. The monoisotopic (exact) mass is 381 g/mol. The molecule has 1 aromatic heterocycles. The maximum absolute atomic E-state index is 10.8. The number of nitrogens with zero attached hydrogens (tertiary/aromatic N) is 2. The third kappa shape index (κ3) is 4.28. The third-order valence-electron chi connectivity index (χ3n) is 5.05. The lowest BCUT2D eigenvalue weighted by Gasteiger charge is -2.30. The summed E-state index contributed by atoms with van der Waals surface area (Å²) in [5.74, 6) is 1.29. The Labute approximate surface area is 162 Å². The van der Waals surface area contributed by atoms with Crippen molar-refractivity contribution in [1.82, 2.24) is 9.88 Å². The molecule has 0 saturated carbocycles. The molecule has 0 bridgehead atoms. The summed E-state index contributed by atoms with van der Waals surface area (Å²) in [5.41, 5.74) is 8.40. The Morgan fingerprint density at radius 3 is 2.67 bits per heavy atom. The Kier molecular flexibility index (Phi) is 5.09. The molecule has 0 aliphatic carbocycles. The molecule has 0 radical (unpaired) electrons. The average Bonchev–Trinajstić information content (AvgIpc) is 3.07. The fourth-order valence-corrected chi connectivity index (χ4v) is 4.49. The molecule has 4 rings (SSSR count). The second-order valence-corrected chi connectivity index (χ2v) is 8.26. The summed E-state index contributed by atoms with van der Waals surface area (Å²) in [7, 11) is 0. The van der Waals surface area contributed by atoms with E-state index < -0.39 is 6.09 Å². The highest BCUT2D eigenvalue weighted by Gasteiger charge is 2.16. The predicted molar refractivity (Wildman–Crippen MR) is 109 cm³/mol. The number of fused-ring (bicyclic) bond motifs is 1. The molecule has 1 aliphatic rings. The summed E-state index contributed by atoms with van der Waals surface area (Å²) in [5, 5.41) is 0.958. The van der Waals surface area contributed by atoms with Gasteiger partial charge in [-0.2, -0.15) is 0 Å². The van der Waals surface area contributed by atoms with Gasteiger partial charge in [0.25, 0.3) is 0 Å². The molecule has 0 atom stereocenters. The van der Waals surface area contributed by atoms with E-state index >= 15 is 0 Å². The van der Waals surface area contributed by atoms with Gasteiger partial charge in [-0.3, -0.25) is 4.90 Å². The smallest absolute Gasteiger partial charge is 0.409 e. The number of amides is 1. The van der Waals surface area contributed by atoms with E-state index in [0.29, 0.717) is 5.75 Å². The molecule has 1 amide bonds. The molecular formula is C21H23N3O2S. The SMILES string of the molecule is CC1CCN(Cc2ccc3nc(-c4ccc(OC(N)=O)cc4)sc3c2)CC1. The van der Waals surface area contributed by atoms with Crippen molar-refractivity contribution in [2.75, 3.05) is 13.1 Å². The number of nitrogens with two attached hydrogens (primary N) is 1. The van der Waals surface area contributed by atoms with Gasteiger partial charge in [0.05, 0.1) is 10.2 Å². The van der Waals surface area contributed by atoms with E-state index in [1.54, 1.807) is 23.5 Å². The molecule has 27 heavy (non-hydrogen) atoms. The molecule has 1 aliphatic heterocycles. The lowest BCUT2D eigenvalue weighted by atomic mass is 9.99. The normalized spacial score (nSPS) is 15.9. The zero-order valence-electron chi connectivity index (χ0n) is 15.4. The molecule has 140 valence electrons. The van der Waals surface area contributed by atoms with Crippen LogP contribution in [-0.4, -0.2) is 29.1 Å². The standard InChI is InChI=1S/C21H23N3O2S/c1-14-8-10-24(11-9-14)13-15-2-7-18-19(12-15)27-20(23-18)16-3-5-17(6-4-16)26-21(22)25/h2-7,12,14H,8-11,13H2,1H3,(H2,22,25). The number of likely N-dealkylation sites (tertiary alicyclic amines) is 1. The number of thiazole rings is 1. The van der Waals surface area contributed by atoms with Crippen molar-refractivity contribution in [2.24, 2.45) is 11.7 Å². The third-order valence-corrected chi connectivity index (χ3v) is 6.12. The molecular weight excluding hydrogens is 358 g/mol. The highest BCUT2D eigenvalue weighted by molar-refractivity contribution is 7.21. The number of ether oxygens (including phenoxy) is 1. The van der Waals surface area contributed by atoms with Crippen molar-refractivity contribution < 1.29 is 9.53 Å². The lowest BCUT2D eigenvalue weighted by Crippen LogP contribution is -2.32. The average molecular weight is 382 g/mol. The number of primary amides is 1. The van der Waals surface area contributed by atoms with Crippen LogP contribution in [0.3, 0.4) is 0 Å². The molecule has 6 heteroatoms. The molecule has 0 unspecified atom stereocenters. The Balaban J connectivity index is 1.51. The summed E-state index contributed by atoms with van der Waals surface area (Å²) in [6.07, 6.45) is 1.78. The van der Waals surface area contributed by atoms with E-state index in [1.165, 1.54) is 36.2 Å². The largest absolute Gasteiger partial charge is 0.411 e. The van der Waals surface area contributed by atoms with Crippen LogP contribution >= 0.6 is 11.3 Å². The fourth-order valence-electron chi connectivity index (χ4n) is 3.45. The minimum atomic E-state index is -0.807. The first-order chi connectivity index (χ1) is 13.1. The van der Waals surface area contributed by atoms with Crippen molar-refractivity contribution in [3.63, 3.8) is 0 Å². The zero-order chi connectivity index (χ0) is 18.8. The zero-order valence-corrected chi connectivity index (χ0v) is 16.2. The minimum Gasteiger partial charge on any atom is -0.411 e. The first kappa shape index (κ1) is 17.9. The van der Waals surface area contributed by atoms with Gasteiger partial charge >= 0.3 is 6.09 Å². The minimum absolute atomic E-state index is 0.436. The van der Waals surface area contributed by atoms with Gasteiger partial charge in [0.15, 0.2) is 0 Å². The van der Waals surface area contributed by atoms with Gasteiger partial charge < -0.3 is 10.5 Å². The summed E-state index contributed by atoms with van der Waals surface area (Å²) in [4.78, 5) is 18.1. The van der Waals surface area contributed by atoms with E-state index in [4.69, 9.17) is 15.5 Å². The van der Waals surface area contributed by atoms with Crippen molar-refractivity contribution in [3.8, 4) is 16.3 Å². The van der Waals surface area contributed by atoms with Crippen molar-refractivity contribution in [3.05, 3.63) is 48.0 Å². The van der Waals surface area contributed by atoms with E-state index in [-0.39, 0.29) is 0 Å². The van der Waals surface area contributed by atoms with E-state index in [1.807, 2.05) is 12.1 Å². The van der Waals surface area contributed by atoms with E-state index in [2.05, 4.69) is 30.0 Å². The van der Waals surface area contributed by atoms with E-state index in [9.17, 15) is 4.79 Å². The summed E-state index contributed by atoms with van der Waals surface area (Å²) < 4.78 is 6.08. The van der Waals surface area contributed by atoms with Gasteiger partial charge in [0, 0.05) is 12.1 Å². The Hall–Kier alpha value is -2.44. The van der Waals surface area contributed by atoms with Gasteiger partial charge in [0.1, 0.15) is 10.8 Å². The second kappa shape index (κ2) is 7.66. The second-order valence-electron chi connectivity index (χ2n) is 7.23. The molecule has 1 fully saturated rings. The summed E-state index contributed by atoms with van der Waals surface area (Å²) in [6.45, 7) is 5.73. The Morgan fingerprint density at radius 2 is 1.96 bits per heavy atom. The summed E-state index contributed by atoms with van der Waals surface area (Å²) in [6, 6.07) is 13.8. The van der Waals surface area contributed by atoms with Crippen LogP contribution in [0, 0.1) is 5.92 Å². The topological polar surface area (TPSA) is 68.5 Å². The van der Waals surface area contributed by atoms with Gasteiger partial charge in [-0.05, 0) is 73.8 Å². The van der Waals surface area contributed by atoms with Crippen LogP contribution in [0.5, 0.6) is 5.75 Å². The quantitative estimate of drug-likeness (QED) is 0.714. The van der Waals surface area contributed by atoms with Gasteiger partial charge in [-0.15, -0.1) is 11.3 Å². The number of hydrogen-bond acceptors (Lipinski definition) is 5. The molecule has 2 heterocycles. The van der Waals surface area contributed by atoms with Crippen LogP contribution in [0.2, 0.25) is 0 Å². The number of benzene rings is 2. The van der Waals surface area contributed by atoms with Crippen LogP contribution in [0.15, 0.2) is 42.5 Å². The highest BCUT2D eigenvalue weighted by Crippen LogP contribution is 2.32. The van der Waals surface area contributed by atoms with Crippen LogP contribution in [0.1, 0.15) is 25.3 Å². The fraction of sp³-hybridized carbons (Fsp3) is 0.333. The maximum Gasteiger partial charge on any atom is 0.409 e. The maximum atomic E-state index is 10.8. The number of piperidine rings is 1. The number of aromatic nitrogens is 1. The van der Waals surface area contributed by atoms with Crippen LogP contribution < -0.4 is 10.5 Å². The van der Waals surface area contributed by atoms with Gasteiger partial charge in [-0.1, -0.05) is 13.0 Å². The van der Waals surface area contributed by atoms with Gasteiger partial charge in [-0.25, -0.2) is 9.78 Å². The van der Waals surface area contributed by atoms with Crippen molar-refractivity contribution in [2.45, 2.75) is 26.3 Å². The summed E-state index contributed by atoms with van der Waals surface area (Å²) >= 11 is 1.68. The highest BCUT2D eigenvalue weighted by atomic mass is 32.1.